The van der Waals surface area contributed by atoms with Crippen molar-refractivity contribution in [1.82, 2.24) is 4.98 Å². The lowest BCUT2D eigenvalue weighted by atomic mass is 10.00. The first-order chi connectivity index (χ1) is 9.15. The Balaban J connectivity index is 2.57. The molecule has 5 heteroatoms. The Morgan fingerprint density at radius 1 is 1.21 bits per heavy atom. The van der Waals surface area contributed by atoms with Gasteiger partial charge in [-0.1, -0.05) is 18.2 Å². The fourth-order valence-corrected chi connectivity index (χ4v) is 1.77. The summed E-state index contributed by atoms with van der Waals surface area (Å²) in [6, 6.07) is 8.86. The molecule has 98 valence electrons. The maximum Gasteiger partial charge on any atom is 0.264 e. The number of aromatic nitrogens is 1. The highest BCUT2D eigenvalue weighted by molar-refractivity contribution is 6.10. The van der Waals surface area contributed by atoms with Gasteiger partial charge in [-0.2, -0.15) is 0 Å². The minimum Gasteiger partial charge on any atom is -0.496 e. The smallest absolute Gasteiger partial charge is 0.264 e. The van der Waals surface area contributed by atoms with E-state index in [1.807, 2.05) is 0 Å². The summed E-state index contributed by atoms with van der Waals surface area (Å²) in [5.41, 5.74) is -0.386. The molecule has 0 aliphatic heterocycles. The highest BCUT2D eigenvalue weighted by atomic mass is 19.3. The van der Waals surface area contributed by atoms with E-state index in [9.17, 15) is 13.6 Å². The summed E-state index contributed by atoms with van der Waals surface area (Å²) in [7, 11) is 1.33. The van der Waals surface area contributed by atoms with Crippen LogP contribution in [0.3, 0.4) is 0 Å². The molecule has 3 nitrogen and oxygen atoms in total. The highest BCUT2D eigenvalue weighted by Crippen LogP contribution is 2.31. The summed E-state index contributed by atoms with van der Waals surface area (Å²) in [6.45, 7) is 0. The average Bonchev–Trinajstić information content (AvgIpc) is 2.46. The van der Waals surface area contributed by atoms with Gasteiger partial charge in [0, 0.05) is 11.8 Å². The van der Waals surface area contributed by atoms with Gasteiger partial charge >= 0.3 is 0 Å². The van der Waals surface area contributed by atoms with Crippen LogP contribution in [0.5, 0.6) is 5.75 Å². The van der Waals surface area contributed by atoms with Gasteiger partial charge in [-0.05, 0) is 18.2 Å². The number of ether oxygens (including phenoxy) is 1. The SMILES string of the molecule is COc1cccc(C(F)F)c1C(=O)c1ccccn1. The van der Waals surface area contributed by atoms with Crippen molar-refractivity contribution < 1.29 is 18.3 Å². The molecule has 0 saturated heterocycles. The van der Waals surface area contributed by atoms with Crippen molar-refractivity contribution in [3.05, 3.63) is 59.4 Å². The van der Waals surface area contributed by atoms with Gasteiger partial charge in [-0.15, -0.1) is 0 Å². The van der Waals surface area contributed by atoms with Gasteiger partial charge in [0.05, 0.1) is 12.7 Å². The van der Waals surface area contributed by atoms with Gasteiger partial charge in [0.25, 0.3) is 6.43 Å². The third-order valence-corrected chi connectivity index (χ3v) is 2.64. The van der Waals surface area contributed by atoms with Crippen LogP contribution in [0, 0.1) is 0 Å². The molecule has 0 spiro atoms. The molecule has 1 aromatic heterocycles. The van der Waals surface area contributed by atoms with Crippen LogP contribution in [0.4, 0.5) is 8.78 Å². The predicted molar refractivity (Wildman–Crippen MR) is 65.6 cm³/mol. The molecule has 0 aliphatic rings. The topological polar surface area (TPSA) is 39.2 Å². The maximum absolute atomic E-state index is 13.0. The second-order valence-electron chi connectivity index (χ2n) is 3.77. The fraction of sp³-hybridized carbons (Fsp3) is 0.143. The van der Waals surface area contributed by atoms with E-state index in [0.717, 1.165) is 0 Å². The second-order valence-corrected chi connectivity index (χ2v) is 3.77. The summed E-state index contributed by atoms with van der Waals surface area (Å²) < 4.78 is 31.0. The van der Waals surface area contributed by atoms with Gasteiger partial charge in [0.15, 0.2) is 0 Å². The first-order valence-corrected chi connectivity index (χ1v) is 5.56. The van der Waals surface area contributed by atoms with Crippen LogP contribution in [0.25, 0.3) is 0 Å². The molecule has 0 radical (unpaired) electrons. The molecular formula is C14H11F2NO2. The van der Waals surface area contributed by atoms with E-state index in [0.29, 0.717) is 0 Å². The van der Waals surface area contributed by atoms with E-state index in [1.165, 1.54) is 37.6 Å². The lowest BCUT2D eigenvalue weighted by Gasteiger charge is -2.12. The van der Waals surface area contributed by atoms with Crippen LogP contribution in [0.15, 0.2) is 42.6 Å². The minimum atomic E-state index is -2.75. The monoisotopic (exact) mass is 263 g/mol. The Kier molecular flexibility index (Phi) is 3.85. The summed E-state index contributed by atoms with van der Waals surface area (Å²) >= 11 is 0. The number of nitrogens with zero attached hydrogens (tertiary/aromatic N) is 1. The molecule has 2 aromatic rings. The fourth-order valence-electron chi connectivity index (χ4n) is 1.77. The van der Waals surface area contributed by atoms with Crippen molar-refractivity contribution in [3.8, 4) is 5.75 Å². The van der Waals surface area contributed by atoms with Crippen LogP contribution < -0.4 is 4.74 Å². The lowest BCUT2D eigenvalue weighted by molar-refractivity contribution is 0.101. The third-order valence-electron chi connectivity index (χ3n) is 2.64. The van der Waals surface area contributed by atoms with Gasteiger partial charge in [0.1, 0.15) is 11.4 Å². The Hall–Kier alpha value is -2.30. The van der Waals surface area contributed by atoms with Crippen LogP contribution in [-0.2, 0) is 0 Å². The predicted octanol–water partition coefficient (Wildman–Crippen LogP) is 3.26. The zero-order valence-electron chi connectivity index (χ0n) is 10.1. The molecular weight excluding hydrogens is 252 g/mol. The number of ketones is 1. The molecule has 0 bridgehead atoms. The van der Waals surface area contributed by atoms with Gasteiger partial charge in [0.2, 0.25) is 5.78 Å². The number of pyridine rings is 1. The number of hydrogen-bond acceptors (Lipinski definition) is 3. The van der Waals surface area contributed by atoms with E-state index in [-0.39, 0.29) is 22.6 Å². The largest absolute Gasteiger partial charge is 0.496 e. The lowest BCUT2D eigenvalue weighted by Crippen LogP contribution is -2.09. The molecule has 0 saturated carbocycles. The Labute approximate surface area is 108 Å². The Bertz CT molecular complexity index is 585. The standard InChI is InChI=1S/C14H11F2NO2/c1-19-11-7-4-5-9(14(15)16)12(11)13(18)10-6-2-3-8-17-10/h2-8,14H,1H3. The second kappa shape index (κ2) is 5.56. The van der Waals surface area contributed by atoms with Crippen LogP contribution in [-0.4, -0.2) is 17.9 Å². The molecule has 0 atom stereocenters. The molecule has 1 heterocycles. The average molecular weight is 263 g/mol. The number of alkyl halides is 2. The number of carbonyl (C=O) groups is 1. The Morgan fingerprint density at radius 2 is 2.00 bits per heavy atom. The number of hydrogen-bond donors (Lipinski definition) is 0. The van der Waals surface area contributed by atoms with Gasteiger partial charge in [-0.25, -0.2) is 8.78 Å². The minimum absolute atomic E-state index is 0.105. The van der Waals surface area contributed by atoms with Crippen LogP contribution in [0.2, 0.25) is 0 Å². The van der Waals surface area contributed by atoms with Crippen LogP contribution >= 0.6 is 0 Å². The number of carbonyl (C=O) groups excluding carboxylic acids is 1. The van der Waals surface area contributed by atoms with Crippen molar-refractivity contribution in [3.63, 3.8) is 0 Å². The van der Waals surface area contributed by atoms with E-state index in [4.69, 9.17) is 4.74 Å². The zero-order chi connectivity index (χ0) is 13.8. The summed E-state index contributed by atoms with van der Waals surface area (Å²) in [4.78, 5) is 16.2. The summed E-state index contributed by atoms with van der Waals surface area (Å²) in [5, 5.41) is 0. The van der Waals surface area contributed by atoms with Gasteiger partial charge in [-0.3, -0.25) is 9.78 Å². The molecule has 0 N–H and O–H groups in total. The number of rotatable bonds is 4. The molecule has 2 rings (SSSR count). The summed E-state index contributed by atoms with van der Waals surface area (Å²) in [6.07, 6.45) is -1.32. The Morgan fingerprint density at radius 3 is 2.58 bits per heavy atom. The third kappa shape index (κ3) is 2.59. The van der Waals surface area contributed by atoms with E-state index >= 15 is 0 Å². The van der Waals surface area contributed by atoms with Gasteiger partial charge < -0.3 is 4.74 Å². The molecule has 19 heavy (non-hydrogen) atoms. The zero-order valence-corrected chi connectivity index (χ0v) is 10.1. The van der Waals surface area contributed by atoms with Crippen LogP contribution in [0.1, 0.15) is 28.0 Å². The van der Waals surface area contributed by atoms with E-state index in [1.54, 1.807) is 12.1 Å². The summed E-state index contributed by atoms with van der Waals surface area (Å²) in [5.74, 6) is -0.457. The molecule has 0 unspecified atom stereocenters. The van der Waals surface area contributed by atoms with E-state index in [2.05, 4.69) is 4.98 Å². The quantitative estimate of drug-likeness (QED) is 0.795. The van der Waals surface area contributed by atoms with Crippen molar-refractivity contribution in [2.24, 2.45) is 0 Å². The van der Waals surface area contributed by atoms with Crippen molar-refractivity contribution in [2.45, 2.75) is 6.43 Å². The molecule has 0 aliphatic carbocycles. The normalized spacial score (nSPS) is 10.5. The number of methoxy groups -OCH3 is 1. The van der Waals surface area contributed by atoms with E-state index < -0.39 is 12.2 Å². The molecule has 0 amide bonds. The number of benzene rings is 1. The first-order valence-electron chi connectivity index (χ1n) is 5.56. The van der Waals surface area contributed by atoms with Crippen molar-refractivity contribution in [2.75, 3.05) is 7.11 Å². The maximum atomic E-state index is 13.0. The van der Waals surface area contributed by atoms with Crippen molar-refractivity contribution >= 4 is 5.78 Å². The molecule has 1 aromatic carbocycles. The number of halogens is 2. The first kappa shape index (κ1) is 13.1. The highest BCUT2D eigenvalue weighted by Gasteiger charge is 2.24. The molecule has 0 fully saturated rings. The van der Waals surface area contributed by atoms with Crippen molar-refractivity contribution in [1.29, 1.82) is 0 Å².